The summed E-state index contributed by atoms with van der Waals surface area (Å²) in [4.78, 5) is 24.3. The number of aromatic carboxylic acids is 1. The highest BCUT2D eigenvalue weighted by atomic mass is 32.1. The Morgan fingerprint density at radius 2 is 2.10 bits per heavy atom. The van der Waals surface area contributed by atoms with Gasteiger partial charge in [0.2, 0.25) is 5.91 Å². The van der Waals surface area contributed by atoms with E-state index >= 15 is 0 Å². The molecule has 154 valence electrons. The van der Waals surface area contributed by atoms with Crippen LogP contribution >= 0.6 is 11.5 Å². The lowest BCUT2D eigenvalue weighted by atomic mass is 9.90. The Labute approximate surface area is 175 Å². The van der Waals surface area contributed by atoms with Gasteiger partial charge in [0.25, 0.3) is 0 Å². The van der Waals surface area contributed by atoms with Crippen molar-refractivity contribution in [3.8, 4) is 11.5 Å². The second kappa shape index (κ2) is 8.11. The minimum Gasteiger partial charge on any atom is -0.493 e. The molecule has 4 rings (SSSR count). The topological polar surface area (TPSA) is 97.8 Å². The molecule has 0 radical (unpaired) electrons. The lowest BCUT2D eigenvalue weighted by Crippen LogP contribution is -2.23. The smallest absolute Gasteiger partial charge is 0.357 e. The van der Waals surface area contributed by atoms with Crippen molar-refractivity contribution in [3.05, 3.63) is 70.0 Å². The molecule has 9 heteroatoms. The third kappa shape index (κ3) is 3.71. The monoisotopic (exact) mass is 428 g/mol. The fraction of sp³-hybridized carbons (Fsp3) is 0.190. The van der Waals surface area contributed by atoms with Gasteiger partial charge in [-0.15, -0.1) is 0 Å². The van der Waals surface area contributed by atoms with Gasteiger partial charge in [-0.2, -0.15) is 4.37 Å². The molecule has 0 bridgehead atoms. The van der Waals surface area contributed by atoms with Crippen molar-refractivity contribution >= 4 is 29.1 Å². The van der Waals surface area contributed by atoms with E-state index in [9.17, 15) is 19.1 Å². The van der Waals surface area contributed by atoms with E-state index in [-0.39, 0.29) is 42.1 Å². The first-order chi connectivity index (χ1) is 14.5. The van der Waals surface area contributed by atoms with Crippen molar-refractivity contribution in [3.63, 3.8) is 0 Å². The van der Waals surface area contributed by atoms with Gasteiger partial charge in [0.05, 0.1) is 17.7 Å². The van der Waals surface area contributed by atoms with E-state index in [1.165, 1.54) is 13.2 Å². The van der Waals surface area contributed by atoms with Gasteiger partial charge in [-0.1, -0.05) is 24.3 Å². The molecular weight excluding hydrogens is 411 g/mol. The zero-order valence-corrected chi connectivity index (χ0v) is 16.7. The molecule has 1 aromatic heterocycles. The number of carboxylic acid groups (broad SMARTS) is 1. The maximum atomic E-state index is 13.9. The summed E-state index contributed by atoms with van der Waals surface area (Å²) in [5, 5.41) is 11.9. The summed E-state index contributed by atoms with van der Waals surface area (Å²) in [6, 6.07) is 11.5. The number of fused-ring (bicyclic) bond motifs is 1. The van der Waals surface area contributed by atoms with Crippen LogP contribution in [0.25, 0.3) is 0 Å². The normalized spacial score (nSPS) is 15.3. The Morgan fingerprint density at radius 3 is 2.83 bits per heavy atom. The van der Waals surface area contributed by atoms with Crippen LogP contribution in [0.3, 0.4) is 0 Å². The fourth-order valence-electron chi connectivity index (χ4n) is 3.34. The van der Waals surface area contributed by atoms with Crippen LogP contribution in [0.4, 0.5) is 10.1 Å². The van der Waals surface area contributed by atoms with E-state index in [1.807, 2.05) is 0 Å². The lowest BCUT2D eigenvalue weighted by Gasteiger charge is -2.23. The molecule has 1 aliphatic rings. The van der Waals surface area contributed by atoms with Gasteiger partial charge in [-0.05, 0) is 35.3 Å². The average Bonchev–Trinajstić information content (AvgIpc) is 3.16. The highest BCUT2D eigenvalue weighted by molar-refractivity contribution is 7.06. The molecule has 3 aromatic rings. The molecule has 0 fully saturated rings. The van der Waals surface area contributed by atoms with Crippen LogP contribution in [-0.2, 0) is 11.4 Å². The maximum Gasteiger partial charge on any atom is 0.357 e. The fourth-order valence-corrected chi connectivity index (χ4v) is 4.28. The molecule has 2 aromatic carbocycles. The van der Waals surface area contributed by atoms with Crippen LogP contribution in [0.2, 0.25) is 0 Å². The van der Waals surface area contributed by atoms with Gasteiger partial charge in [0, 0.05) is 17.9 Å². The Morgan fingerprint density at radius 1 is 1.30 bits per heavy atom. The number of ether oxygens (including phenoxy) is 2. The number of carboxylic acids is 1. The van der Waals surface area contributed by atoms with Crippen LogP contribution in [0, 0.1) is 5.82 Å². The maximum absolute atomic E-state index is 13.9. The van der Waals surface area contributed by atoms with Crippen molar-refractivity contribution in [1.29, 1.82) is 0 Å². The number of rotatable bonds is 6. The van der Waals surface area contributed by atoms with Crippen LogP contribution in [0.5, 0.6) is 11.5 Å². The van der Waals surface area contributed by atoms with Gasteiger partial charge < -0.3 is 19.9 Å². The number of carbonyl (C=O) groups excluding carboxylic acids is 1. The average molecular weight is 428 g/mol. The predicted molar refractivity (Wildman–Crippen MR) is 108 cm³/mol. The number of aromatic nitrogens is 1. The molecule has 0 saturated heterocycles. The van der Waals surface area contributed by atoms with Crippen LogP contribution in [0.15, 0.2) is 42.5 Å². The number of methoxy groups -OCH3 is 1. The summed E-state index contributed by atoms with van der Waals surface area (Å²) in [7, 11) is 1.50. The Bertz CT molecular complexity index is 1130. The number of anilines is 1. The zero-order chi connectivity index (χ0) is 21.3. The molecule has 2 N–H and O–H groups in total. The number of carbonyl (C=O) groups is 2. The zero-order valence-electron chi connectivity index (χ0n) is 15.8. The van der Waals surface area contributed by atoms with E-state index in [0.717, 1.165) is 17.1 Å². The van der Waals surface area contributed by atoms with Gasteiger partial charge in [-0.25, -0.2) is 9.18 Å². The van der Waals surface area contributed by atoms with E-state index in [1.54, 1.807) is 36.4 Å². The van der Waals surface area contributed by atoms with Crippen molar-refractivity contribution in [1.82, 2.24) is 4.37 Å². The molecule has 7 nitrogen and oxygen atoms in total. The molecule has 0 spiro atoms. The van der Waals surface area contributed by atoms with Crippen LogP contribution in [0.1, 0.15) is 38.8 Å². The van der Waals surface area contributed by atoms with Crippen LogP contribution in [-0.4, -0.2) is 28.5 Å². The number of hydrogen-bond donors (Lipinski definition) is 2. The van der Waals surface area contributed by atoms with E-state index in [0.29, 0.717) is 21.9 Å². The largest absolute Gasteiger partial charge is 0.493 e. The standard InChI is InChI=1S/C21H17FN2O5S/c1-28-15-7-6-11(8-16(15)29-10-12-4-2-3-5-14(12)22)13-9-17(25)23-18-19(21(26)27)24-30-20(13)18/h2-8,13H,9-10H2,1H3,(H,23,25)(H,26,27). The SMILES string of the molecule is COc1ccc(C2CC(=O)Nc3c(C(=O)O)nsc32)cc1OCc1ccccc1F. The number of halogens is 1. The third-order valence-corrected chi connectivity index (χ3v) is 5.78. The van der Waals surface area contributed by atoms with Gasteiger partial charge >= 0.3 is 5.97 Å². The van der Waals surface area contributed by atoms with E-state index < -0.39 is 5.97 Å². The first-order valence-corrected chi connectivity index (χ1v) is 9.82. The summed E-state index contributed by atoms with van der Waals surface area (Å²) >= 11 is 1.05. The van der Waals surface area contributed by atoms with Crippen molar-refractivity contribution < 1.29 is 28.6 Å². The Hall–Kier alpha value is -3.46. The molecule has 2 heterocycles. The first-order valence-electron chi connectivity index (χ1n) is 9.04. The lowest BCUT2D eigenvalue weighted by molar-refractivity contribution is -0.116. The second-order valence-corrected chi connectivity index (χ2v) is 7.48. The molecule has 1 amide bonds. The Balaban J connectivity index is 1.67. The number of nitrogens with one attached hydrogen (secondary N) is 1. The van der Waals surface area contributed by atoms with E-state index in [2.05, 4.69) is 9.69 Å². The predicted octanol–water partition coefficient (Wildman–Crippen LogP) is 4.04. The highest BCUT2D eigenvalue weighted by Gasteiger charge is 2.33. The summed E-state index contributed by atoms with van der Waals surface area (Å²) in [5.74, 6) is -1.37. The van der Waals surface area contributed by atoms with Crippen molar-refractivity contribution in [2.24, 2.45) is 0 Å². The minimum atomic E-state index is -1.20. The van der Waals surface area contributed by atoms with Crippen molar-refractivity contribution in [2.45, 2.75) is 18.9 Å². The third-order valence-electron chi connectivity index (χ3n) is 4.82. The molecule has 30 heavy (non-hydrogen) atoms. The first kappa shape index (κ1) is 19.8. The van der Waals surface area contributed by atoms with Gasteiger partial charge in [-0.3, -0.25) is 4.79 Å². The van der Waals surface area contributed by atoms with Gasteiger partial charge in [0.15, 0.2) is 17.2 Å². The minimum absolute atomic E-state index is 0.00656. The molecule has 1 aliphatic heterocycles. The number of benzene rings is 2. The summed E-state index contributed by atoms with van der Waals surface area (Å²) in [5.41, 5.74) is 1.21. The molecule has 0 saturated carbocycles. The Kier molecular flexibility index (Phi) is 5.37. The second-order valence-electron chi connectivity index (χ2n) is 6.67. The molecule has 0 aliphatic carbocycles. The molecule has 1 atom stereocenters. The highest BCUT2D eigenvalue weighted by Crippen LogP contribution is 2.43. The number of hydrogen-bond acceptors (Lipinski definition) is 6. The molecule has 1 unspecified atom stereocenters. The quantitative estimate of drug-likeness (QED) is 0.615. The summed E-state index contributed by atoms with van der Waals surface area (Å²) in [6.45, 7) is 0.00656. The molecular formula is C21H17FN2O5S. The van der Waals surface area contributed by atoms with Crippen LogP contribution < -0.4 is 14.8 Å². The summed E-state index contributed by atoms with van der Waals surface area (Å²) < 4.78 is 29.1. The van der Waals surface area contributed by atoms with Gasteiger partial charge in [0.1, 0.15) is 12.4 Å². The summed E-state index contributed by atoms with van der Waals surface area (Å²) in [6.07, 6.45) is 0.146. The van der Waals surface area contributed by atoms with Crippen molar-refractivity contribution in [2.75, 3.05) is 12.4 Å². The number of nitrogens with zero attached hydrogens (tertiary/aromatic N) is 1. The van der Waals surface area contributed by atoms with E-state index in [4.69, 9.17) is 9.47 Å². The number of amides is 1.